The Morgan fingerprint density at radius 2 is 1.76 bits per heavy atom. The molecular weight excluding hydrogens is 253 g/mol. The number of hydrogen-bond acceptors (Lipinski definition) is 3. The van der Waals surface area contributed by atoms with Gasteiger partial charge in [0, 0.05) is 6.07 Å². The molecule has 1 aromatic rings. The van der Waals surface area contributed by atoms with E-state index in [0.717, 1.165) is 6.07 Å². The molecule has 0 aliphatic heterocycles. The first-order valence-corrected chi connectivity index (χ1v) is 6.69. The molecule has 0 aliphatic rings. The van der Waals surface area contributed by atoms with E-state index in [1.54, 1.807) is 0 Å². The van der Waals surface area contributed by atoms with Gasteiger partial charge in [0.2, 0.25) is 0 Å². The van der Waals surface area contributed by atoms with Crippen molar-refractivity contribution in [1.82, 2.24) is 0 Å². The first kappa shape index (κ1) is 14.2. The van der Waals surface area contributed by atoms with Crippen molar-refractivity contribution in [2.75, 3.05) is 0 Å². The Morgan fingerprint density at radius 3 is 2.41 bits per heavy atom. The lowest BCUT2D eigenvalue weighted by atomic mass is 10.1. The Bertz CT molecular complexity index is 374. The fraction of sp³-hybridized carbons (Fsp3) is 0.400. The molecule has 0 amide bonds. The van der Waals surface area contributed by atoms with Gasteiger partial charge in [0.25, 0.3) is 6.48 Å². The van der Waals surface area contributed by atoms with Crippen molar-refractivity contribution in [3.05, 3.63) is 35.1 Å². The molecule has 7 heteroatoms. The molecule has 0 bridgehead atoms. The Labute approximate surface area is 98.8 Å². The molecule has 0 atom stereocenters. The van der Waals surface area contributed by atoms with Crippen molar-refractivity contribution in [3.63, 3.8) is 0 Å². The van der Waals surface area contributed by atoms with Crippen molar-refractivity contribution in [2.45, 2.75) is 25.4 Å². The van der Waals surface area contributed by atoms with E-state index in [1.807, 2.05) is 0 Å². The zero-order valence-electron chi connectivity index (χ0n) is 9.00. The predicted octanol–water partition coefficient (Wildman–Crippen LogP) is 0.823. The van der Waals surface area contributed by atoms with Crippen LogP contribution in [0.1, 0.15) is 12.0 Å². The summed E-state index contributed by atoms with van der Waals surface area (Å²) < 4.78 is 43.2. The summed E-state index contributed by atoms with van der Waals surface area (Å²) in [7, 11) is -1.07. The average Bonchev–Trinajstić information content (AvgIpc) is 2.24. The summed E-state index contributed by atoms with van der Waals surface area (Å²) in [6.07, 6.45) is 0.794. The fourth-order valence-electron chi connectivity index (χ4n) is 1.36. The van der Waals surface area contributed by atoms with Gasteiger partial charge in [0.1, 0.15) is 5.82 Å². The molecule has 2 N–H and O–H groups in total. The van der Waals surface area contributed by atoms with Gasteiger partial charge in [-0.25, -0.2) is 13.2 Å². The fourth-order valence-corrected chi connectivity index (χ4v) is 2.19. The third kappa shape index (κ3) is 4.86. The molecule has 96 valence electrons. The second-order valence-corrected chi connectivity index (χ2v) is 4.96. The Morgan fingerprint density at radius 1 is 1.12 bits per heavy atom. The summed E-state index contributed by atoms with van der Waals surface area (Å²) >= 11 is 0. The summed E-state index contributed by atoms with van der Waals surface area (Å²) in [5.41, 5.74) is 0.113. The number of aliphatic hydroxyl groups is 2. The van der Waals surface area contributed by atoms with E-state index >= 15 is 0 Å². The molecule has 0 aromatic heterocycles. The topological polar surface area (TPSA) is 49.7 Å². The molecular formula is C10H13F3O3Si. The van der Waals surface area contributed by atoms with Crippen molar-refractivity contribution < 1.29 is 27.8 Å². The van der Waals surface area contributed by atoms with Crippen LogP contribution in [0.4, 0.5) is 13.2 Å². The normalized spacial score (nSPS) is 11.9. The molecule has 0 spiro atoms. The number of hydrogen-bond donors (Lipinski definition) is 2. The number of rotatable bonds is 6. The van der Waals surface area contributed by atoms with Gasteiger partial charge in [0.05, 0.1) is 0 Å². The molecule has 1 rings (SSSR count). The van der Waals surface area contributed by atoms with E-state index in [4.69, 9.17) is 10.2 Å². The van der Waals surface area contributed by atoms with Gasteiger partial charge in [-0.3, -0.25) is 0 Å². The average molecular weight is 266 g/mol. The quantitative estimate of drug-likeness (QED) is 0.347. The van der Waals surface area contributed by atoms with Gasteiger partial charge < -0.3 is 14.6 Å². The summed E-state index contributed by atoms with van der Waals surface area (Å²) in [5, 5.41) is 16.8. The number of aliphatic hydroxyl groups excluding tert-OH is 1. The van der Waals surface area contributed by atoms with Gasteiger partial charge in [-0.05, 0) is 30.5 Å². The molecule has 0 fully saturated rings. The number of aryl methyl sites for hydroxylation is 1. The zero-order valence-corrected chi connectivity index (χ0v) is 10.4. The van der Waals surface area contributed by atoms with E-state index in [0.29, 0.717) is 18.5 Å². The van der Waals surface area contributed by atoms with Crippen LogP contribution in [0.25, 0.3) is 0 Å². The highest BCUT2D eigenvalue weighted by Gasteiger charge is 2.09. The maximum Gasteiger partial charge on any atom is 0.256 e. The number of benzene rings is 1. The van der Waals surface area contributed by atoms with Crippen LogP contribution in [0.5, 0.6) is 0 Å². The van der Waals surface area contributed by atoms with Gasteiger partial charge in [0.15, 0.2) is 21.4 Å². The highest BCUT2D eigenvalue weighted by Crippen LogP contribution is 2.15. The van der Waals surface area contributed by atoms with Crippen LogP contribution >= 0.6 is 0 Å². The molecule has 0 saturated heterocycles. The van der Waals surface area contributed by atoms with Crippen LogP contribution in [0.15, 0.2) is 12.1 Å². The van der Waals surface area contributed by atoms with Crippen LogP contribution in [0, 0.1) is 17.5 Å². The Balaban J connectivity index is 2.39. The lowest BCUT2D eigenvalue weighted by Crippen LogP contribution is -2.13. The second-order valence-electron chi connectivity index (χ2n) is 3.51. The van der Waals surface area contributed by atoms with Gasteiger partial charge in [-0.2, -0.15) is 0 Å². The van der Waals surface area contributed by atoms with E-state index in [9.17, 15) is 13.2 Å². The van der Waals surface area contributed by atoms with Gasteiger partial charge in [-0.15, -0.1) is 0 Å². The van der Waals surface area contributed by atoms with Gasteiger partial charge >= 0.3 is 0 Å². The van der Waals surface area contributed by atoms with E-state index in [-0.39, 0.29) is 12.0 Å². The van der Waals surface area contributed by atoms with Crippen molar-refractivity contribution >= 4 is 9.76 Å². The molecule has 0 heterocycles. The standard InChI is InChI=1S/C10H13F3O3Si/c11-7-5-9(13)8(12)4-6(7)2-1-3-17-16-10(14)15/h4-5,10,14-15H,1-3,17H2. The first-order valence-electron chi connectivity index (χ1n) is 5.12. The molecule has 17 heavy (non-hydrogen) atoms. The summed E-state index contributed by atoms with van der Waals surface area (Å²) in [6, 6.07) is 1.96. The third-order valence-corrected chi connectivity index (χ3v) is 3.52. The first-order chi connectivity index (χ1) is 8.00. The predicted molar refractivity (Wildman–Crippen MR) is 57.3 cm³/mol. The van der Waals surface area contributed by atoms with E-state index < -0.39 is 33.7 Å². The van der Waals surface area contributed by atoms with Crippen molar-refractivity contribution in [3.8, 4) is 0 Å². The lowest BCUT2D eigenvalue weighted by Gasteiger charge is -2.06. The maximum absolute atomic E-state index is 13.2. The highest BCUT2D eigenvalue weighted by atomic mass is 28.2. The molecule has 3 nitrogen and oxygen atoms in total. The third-order valence-electron chi connectivity index (χ3n) is 2.20. The summed E-state index contributed by atoms with van der Waals surface area (Å²) in [4.78, 5) is 0. The van der Waals surface area contributed by atoms with Crippen LogP contribution in [-0.2, 0) is 10.8 Å². The Hall–Kier alpha value is -0.893. The minimum absolute atomic E-state index is 0.113. The smallest absolute Gasteiger partial charge is 0.256 e. The van der Waals surface area contributed by atoms with Crippen LogP contribution in [-0.4, -0.2) is 26.5 Å². The Kier molecular flexibility index (Phi) is 5.62. The number of halogens is 3. The van der Waals surface area contributed by atoms with Gasteiger partial charge in [-0.1, -0.05) is 0 Å². The van der Waals surface area contributed by atoms with Crippen LogP contribution in [0.3, 0.4) is 0 Å². The highest BCUT2D eigenvalue weighted by molar-refractivity contribution is 6.26. The van der Waals surface area contributed by atoms with Crippen molar-refractivity contribution in [1.29, 1.82) is 0 Å². The monoisotopic (exact) mass is 266 g/mol. The minimum Gasteiger partial charge on any atom is -0.379 e. The second kappa shape index (κ2) is 6.75. The van der Waals surface area contributed by atoms with Crippen LogP contribution in [0.2, 0.25) is 6.04 Å². The molecule has 0 saturated carbocycles. The van der Waals surface area contributed by atoms with Crippen molar-refractivity contribution in [2.24, 2.45) is 0 Å². The SMILES string of the molecule is OC(O)O[SiH2]CCCc1cc(F)c(F)cc1F. The maximum atomic E-state index is 13.2. The molecule has 0 aliphatic carbocycles. The van der Waals surface area contributed by atoms with Crippen LogP contribution < -0.4 is 0 Å². The van der Waals surface area contributed by atoms with E-state index in [2.05, 4.69) is 4.43 Å². The minimum atomic E-state index is -1.76. The zero-order chi connectivity index (χ0) is 12.8. The lowest BCUT2D eigenvalue weighted by molar-refractivity contribution is -0.180. The molecule has 0 radical (unpaired) electrons. The largest absolute Gasteiger partial charge is 0.379 e. The summed E-state index contributed by atoms with van der Waals surface area (Å²) in [5.74, 6) is -3.04. The van der Waals surface area contributed by atoms with E-state index in [1.165, 1.54) is 0 Å². The summed E-state index contributed by atoms with van der Waals surface area (Å²) in [6.45, 7) is -1.76. The molecule has 1 aromatic carbocycles. The molecule has 0 unspecified atom stereocenters.